The van der Waals surface area contributed by atoms with Gasteiger partial charge in [0.2, 0.25) is 0 Å². The Labute approximate surface area is 146 Å². The normalized spacial score (nSPS) is 14.7. The molecule has 0 radical (unpaired) electrons. The Kier molecular flexibility index (Phi) is 6.97. The van der Waals surface area contributed by atoms with E-state index in [2.05, 4.69) is 49.5 Å². The highest BCUT2D eigenvalue weighted by Crippen LogP contribution is 2.21. The van der Waals surface area contributed by atoms with Crippen LogP contribution < -0.4 is 5.19 Å². The third-order valence-corrected chi connectivity index (χ3v) is 7.47. The van der Waals surface area contributed by atoms with Crippen molar-refractivity contribution in [1.82, 2.24) is 0 Å². The van der Waals surface area contributed by atoms with Crippen molar-refractivity contribution in [3.63, 3.8) is 0 Å². The first-order valence-electron chi connectivity index (χ1n) is 8.61. The Balaban J connectivity index is 2.06. The molecule has 0 saturated carbocycles. The van der Waals surface area contributed by atoms with Crippen LogP contribution in [0.2, 0.25) is 19.1 Å². The average Bonchev–Trinajstić information content (AvgIpc) is 2.62. The number of aliphatic hydroxyl groups is 1. The molecular formula is C21H28O2Si. The van der Waals surface area contributed by atoms with E-state index in [4.69, 9.17) is 4.74 Å². The van der Waals surface area contributed by atoms with E-state index in [-0.39, 0.29) is 6.10 Å². The molecule has 128 valence electrons. The number of aliphatic hydroxyl groups excluding tert-OH is 1. The second-order valence-corrected chi connectivity index (χ2v) is 11.4. The van der Waals surface area contributed by atoms with E-state index in [1.54, 1.807) is 0 Å². The van der Waals surface area contributed by atoms with Gasteiger partial charge < -0.3 is 9.84 Å². The van der Waals surface area contributed by atoms with Gasteiger partial charge in [0.15, 0.2) is 0 Å². The minimum Gasteiger partial charge on any atom is -0.385 e. The van der Waals surface area contributed by atoms with Crippen molar-refractivity contribution >= 4 is 13.3 Å². The number of ether oxygens (including phenoxy) is 1. The SMILES string of the molecule is CCO[C@@H](/C=C/C[Si](C)(C)c1ccccc1)[C@H](O)c1ccccc1. The molecule has 0 bridgehead atoms. The molecule has 0 amide bonds. The fraction of sp³-hybridized carbons (Fsp3) is 0.333. The van der Waals surface area contributed by atoms with Crippen LogP contribution in [0.15, 0.2) is 72.8 Å². The molecule has 0 heterocycles. The predicted molar refractivity (Wildman–Crippen MR) is 104 cm³/mol. The number of benzene rings is 2. The minimum absolute atomic E-state index is 0.307. The number of allylic oxidation sites excluding steroid dienone is 1. The first-order valence-corrected chi connectivity index (χ1v) is 11.8. The highest BCUT2D eigenvalue weighted by molar-refractivity contribution is 6.90. The zero-order valence-corrected chi connectivity index (χ0v) is 15.9. The fourth-order valence-electron chi connectivity index (χ4n) is 2.79. The Morgan fingerprint density at radius 3 is 2.17 bits per heavy atom. The maximum Gasteiger partial charge on any atom is 0.109 e. The summed E-state index contributed by atoms with van der Waals surface area (Å²) >= 11 is 0. The van der Waals surface area contributed by atoms with Gasteiger partial charge in [0.1, 0.15) is 12.2 Å². The molecule has 0 aromatic heterocycles. The van der Waals surface area contributed by atoms with Gasteiger partial charge in [-0.25, -0.2) is 0 Å². The van der Waals surface area contributed by atoms with Crippen LogP contribution in [-0.2, 0) is 4.74 Å². The molecule has 3 heteroatoms. The first-order chi connectivity index (χ1) is 11.5. The van der Waals surface area contributed by atoms with Crippen LogP contribution in [0.5, 0.6) is 0 Å². The maximum atomic E-state index is 10.6. The number of rotatable bonds is 8. The van der Waals surface area contributed by atoms with Gasteiger partial charge in [-0.3, -0.25) is 0 Å². The zero-order chi connectivity index (χ0) is 17.4. The minimum atomic E-state index is -1.51. The van der Waals surface area contributed by atoms with E-state index in [9.17, 15) is 5.11 Å². The second-order valence-electron chi connectivity index (χ2n) is 6.66. The monoisotopic (exact) mass is 340 g/mol. The highest BCUT2D eigenvalue weighted by atomic mass is 28.3. The van der Waals surface area contributed by atoms with Gasteiger partial charge in [-0.05, 0) is 18.5 Å². The van der Waals surface area contributed by atoms with E-state index in [0.29, 0.717) is 6.61 Å². The van der Waals surface area contributed by atoms with Crippen molar-refractivity contribution in [2.45, 2.75) is 38.3 Å². The van der Waals surface area contributed by atoms with E-state index < -0.39 is 14.2 Å². The molecule has 0 aliphatic rings. The van der Waals surface area contributed by atoms with Crippen LogP contribution in [0.1, 0.15) is 18.6 Å². The lowest BCUT2D eigenvalue weighted by Gasteiger charge is -2.23. The standard InChI is InChI=1S/C21H28O2Si/c1-4-23-20(21(22)18-12-7-5-8-13-18)16-11-17-24(2,3)19-14-9-6-10-15-19/h5-16,20-22H,4,17H2,1-3H3/b16-11+/t20-,21+/m0/s1. The van der Waals surface area contributed by atoms with Crippen molar-refractivity contribution in [3.05, 3.63) is 78.4 Å². The first kappa shape index (κ1) is 18.7. The smallest absolute Gasteiger partial charge is 0.109 e. The lowest BCUT2D eigenvalue weighted by atomic mass is 10.0. The zero-order valence-electron chi connectivity index (χ0n) is 14.9. The highest BCUT2D eigenvalue weighted by Gasteiger charge is 2.22. The van der Waals surface area contributed by atoms with Gasteiger partial charge in [0, 0.05) is 6.61 Å². The van der Waals surface area contributed by atoms with Crippen LogP contribution in [0.3, 0.4) is 0 Å². The van der Waals surface area contributed by atoms with Gasteiger partial charge in [-0.15, -0.1) is 0 Å². The molecule has 2 aromatic carbocycles. The summed E-state index contributed by atoms with van der Waals surface area (Å²) in [6, 6.07) is 21.5. The third kappa shape index (κ3) is 5.16. The van der Waals surface area contributed by atoms with Gasteiger partial charge in [0.05, 0.1) is 8.07 Å². The molecule has 0 unspecified atom stereocenters. The van der Waals surface area contributed by atoms with Gasteiger partial charge in [-0.2, -0.15) is 0 Å². The molecule has 24 heavy (non-hydrogen) atoms. The Morgan fingerprint density at radius 1 is 1.00 bits per heavy atom. The van der Waals surface area contributed by atoms with Gasteiger partial charge >= 0.3 is 0 Å². The van der Waals surface area contributed by atoms with Crippen LogP contribution >= 0.6 is 0 Å². The molecule has 0 aliphatic carbocycles. The summed E-state index contributed by atoms with van der Waals surface area (Å²) in [5.41, 5.74) is 0.889. The largest absolute Gasteiger partial charge is 0.385 e. The molecule has 0 saturated heterocycles. The average molecular weight is 341 g/mol. The van der Waals surface area contributed by atoms with Crippen molar-refractivity contribution < 1.29 is 9.84 Å². The molecule has 0 aliphatic heterocycles. The molecule has 2 atom stereocenters. The lowest BCUT2D eigenvalue weighted by molar-refractivity contribution is -0.00581. The van der Waals surface area contributed by atoms with Crippen LogP contribution in [0, 0.1) is 0 Å². The molecule has 2 aromatic rings. The molecule has 2 rings (SSSR count). The Bertz CT molecular complexity index is 623. The Hall–Kier alpha value is -1.68. The Morgan fingerprint density at radius 2 is 1.58 bits per heavy atom. The van der Waals surface area contributed by atoms with E-state index in [1.807, 2.05) is 43.3 Å². The summed E-state index contributed by atoms with van der Waals surface area (Å²) in [5, 5.41) is 12.0. The molecule has 0 fully saturated rings. The van der Waals surface area contributed by atoms with Gasteiger partial charge in [-0.1, -0.05) is 91.1 Å². The van der Waals surface area contributed by atoms with E-state index in [0.717, 1.165) is 11.6 Å². The molecule has 0 spiro atoms. The molecule has 1 N–H and O–H groups in total. The third-order valence-electron chi connectivity index (χ3n) is 4.32. The van der Waals surface area contributed by atoms with Crippen molar-refractivity contribution in [2.24, 2.45) is 0 Å². The van der Waals surface area contributed by atoms with Crippen LogP contribution in [0.25, 0.3) is 0 Å². The number of hydrogen-bond donors (Lipinski definition) is 1. The quantitative estimate of drug-likeness (QED) is 0.573. The summed E-state index contributed by atoms with van der Waals surface area (Å²) in [5.74, 6) is 0. The van der Waals surface area contributed by atoms with Crippen LogP contribution in [0.4, 0.5) is 0 Å². The van der Waals surface area contributed by atoms with E-state index in [1.165, 1.54) is 5.19 Å². The summed E-state index contributed by atoms with van der Waals surface area (Å²) in [4.78, 5) is 0. The van der Waals surface area contributed by atoms with E-state index >= 15 is 0 Å². The summed E-state index contributed by atoms with van der Waals surface area (Å²) in [6.07, 6.45) is 3.27. The fourth-order valence-corrected chi connectivity index (χ4v) is 4.84. The van der Waals surface area contributed by atoms with Crippen molar-refractivity contribution in [1.29, 1.82) is 0 Å². The summed E-state index contributed by atoms with van der Waals surface area (Å²) in [6.45, 7) is 7.28. The second kappa shape index (κ2) is 8.97. The topological polar surface area (TPSA) is 29.5 Å². The lowest BCUT2D eigenvalue weighted by Crippen LogP contribution is -2.40. The molecular weight excluding hydrogens is 312 g/mol. The molecule has 2 nitrogen and oxygen atoms in total. The van der Waals surface area contributed by atoms with Gasteiger partial charge in [0.25, 0.3) is 0 Å². The van der Waals surface area contributed by atoms with Crippen LogP contribution in [-0.4, -0.2) is 25.9 Å². The number of hydrogen-bond acceptors (Lipinski definition) is 2. The summed E-state index contributed by atoms with van der Waals surface area (Å²) < 4.78 is 5.76. The predicted octanol–water partition coefficient (Wildman–Crippen LogP) is 4.30. The summed E-state index contributed by atoms with van der Waals surface area (Å²) in [7, 11) is -1.51. The van der Waals surface area contributed by atoms with Crippen molar-refractivity contribution in [3.8, 4) is 0 Å². The maximum absolute atomic E-state index is 10.6. The van der Waals surface area contributed by atoms with Crippen molar-refractivity contribution in [2.75, 3.05) is 6.61 Å².